The van der Waals surface area contributed by atoms with Gasteiger partial charge in [0.15, 0.2) is 5.82 Å². The minimum absolute atomic E-state index is 0.113. The molecule has 1 aliphatic rings. The third kappa shape index (κ3) is 4.47. The summed E-state index contributed by atoms with van der Waals surface area (Å²) in [7, 11) is 1.57. The molecule has 0 aliphatic carbocycles. The number of esters is 1. The van der Waals surface area contributed by atoms with E-state index in [9.17, 15) is 9.59 Å². The van der Waals surface area contributed by atoms with E-state index in [1.807, 2.05) is 18.2 Å². The molecule has 0 unspecified atom stereocenters. The molecule has 1 saturated heterocycles. The number of benzene rings is 1. The summed E-state index contributed by atoms with van der Waals surface area (Å²) in [4.78, 5) is 32.2. The molecule has 166 valence electrons. The topological polar surface area (TPSA) is 95.8 Å². The molecule has 4 rings (SSSR count). The number of pyridine rings is 1. The number of rotatable bonds is 6. The smallest absolute Gasteiger partial charge is 0.343 e. The fourth-order valence-corrected chi connectivity index (χ4v) is 3.47. The quantitative estimate of drug-likeness (QED) is 0.543. The van der Waals surface area contributed by atoms with Crippen LogP contribution in [0.2, 0.25) is 0 Å². The summed E-state index contributed by atoms with van der Waals surface area (Å²) in [6.45, 7) is 4.59. The molecule has 0 radical (unpaired) electrons. The van der Waals surface area contributed by atoms with E-state index in [0.717, 1.165) is 23.5 Å². The molecule has 3 aromatic rings. The summed E-state index contributed by atoms with van der Waals surface area (Å²) in [6.07, 6.45) is 1.62. The van der Waals surface area contributed by atoms with Gasteiger partial charge in [0, 0.05) is 36.6 Å². The molecule has 0 saturated carbocycles. The second kappa shape index (κ2) is 9.61. The van der Waals surface area contributed by atoms with Crippen molar-refractivity contribution < 1.29 is 19.0 Å². The van der Waals surface area contributed by atoms with Crippen LogP contribution in [0.5, 0.6) is 5.75 Å². The van der Waals surface area contributed by atoms with E-state index in [1.54, 1.807) is 38.4 Å². The summed E-state index contributed by atoms with van der Waals surface area (Å²) in [5.74, 6) is 0.239. The Hall–Kier alpha value is -3.72. The minimum Gasteiger partial charge on any atom is -0.497 e. The monoisotopic (exact) mass is 436 g/mol. The summed E-state index contributed by atoms with van der Waals surface area (Å²) in [5, 5.41) is 4.51. The minimum atomic E-state index is -0.706. The van der Waals surface area contributed by atoms with Crippen molar-refractivity contribution in [2.24, 2.45) is 0 Å². The van der Waals surface area contributed by atoms with Crippen LogP contribution in [-0.2, 0) is 9.47 Å². The molecule has 1 fully saturated rings. The van der Waals surface area contributed by atoms with E-state index in [0.29, 0.717) is 36.0 Å². The molecule has 0 amide bonds. The van der Waals surface area contributed by atoms with Gasteiger partial charge in [-0.05, 0) is 31.2 Å². The molecule has 0 atom stereocenters. The van der Waals surface area contributed by atoms with Gasteiger partial charge in [0.2, 0.25) is 0 Å². The number of morpholine rings is 1. The van der Waals surface area contributed by atoms with Crippen molar-refractivity contribution in [3.8, 4) is 22.8 Å². The van der Waals surface area contributed by atoms with Crippen molar-refractivity contribution in [2.75, 3.05) is 44.9 Å². The number of carbonyl (C=O) groups excluding carboxylic acids is 1. The SMILES string of the molecule is CCOC(=O)c1cc(-c2cccc(OC)c2)nn(-c2cc(N3CCOCC3)ccn2)c1=O. The Bertz CT molecular complexity index is 1170. The van der Waals surface area contributed by atoms with E-state index in [1.165, 1.54) is 6.07 Å². The lowest BCUT2D eigenvalue weighted by Crippen LogP contribution is -2.36. The summed E-state index contributed by atoms with van der Waals surface area (Å²) < 4.78 is 17.0. The zero-order valence-corrected chi connectivity index (χ0v) is 18.0. The van der Waals surface area contributed by atoms with Crippen LogP contribution in [0.1, 0.15) is 17.3 Å². The van der Waals surface area contributed by atoms with Crippen LogP contribution in [-0.4, -0.2) is 60.8 Å². The van der Waals surface area contributed by atoms with Crippen molar-refractivity contribution in [3.63, 3.8) is 0 Å². The fraction of sp³-hybridized carbons (Fsp3) is 0.304. The van der Waals surface area contributed by atoms with Crippen molar-refractivity contribution in [1.29, 1.82) is 0 Å². The highest BCUT2D eigenvalue weighted by Gasteiger charge is 2.20. The first-order valence-corrected chi connectivity index (χ1v) is 10.4. The third-order valence-electron chi connectivity index (χ3n) is 5.09. The van der Waals surface area contributed by atoms with E-state index in [2.05, 4.69) is 15.0 Å². The number of hydrogen-bond donors (Lipinski definition) is 0. The van der Waals surface area contributed by atoms with Crippen LogP contribution in [0.15, 0.2) is 53.5 Å². The zero-order valence-electron chi connectivity index (χ0n) is 18.0. The van der Waals surface area contributed by atoms with Gasteiger partial charge in [-0.25, -0.2) is 9.78 Å². The largest absolute Gasteiger partial charge is 0.497 e. The normalized spacial score (nSPS) is 13.6. The molecule has 1 aliphatic heterocycles. The van der Waals surface area contributed by atoms with Crippen molar-refractivity contribution in [1.82, 2.24) is 14.8 Å². The highest BCUT2D eigenvalue weighted by molar-refractivity contribution is 5.90. The van der Waals surface area contributed by atoms with Gasteiger partial charge in [-0.3, -0.25) is 4.79 Å². The fourth-order valence-electron chi connectivity index (χ4n) is 3.47. The third-order valence-corrected chi connectivity index (χ3v) is 5.09. The zero-order chi connectivity index (χ0) is 22.5. The summed E-state index contributed by atoms with van der Waals surface area (Å²) >= 11 is 0. The molecule has 0 N–H and O–H groups in total. The Morgan fingerprint density at radius 2 is 1.97 bits per heavy atom. The maximum Gasteiger partial charge on any atom is 0.343 e. The van der Waals surface area contributed by atoms with Crippen molar-refractivity contribution in [3.05, 3.63) is 64.6 Å². The summed E-state index contributed by atoms with van der Waals surface area (Å²) in [6, 6.07) is 12.3. The molecular weight excluding hydrogens is 412 g/mol. The lowest BCUT2D eigenvalue weighted by molar-refractivity contribution is 0.0523. The second-order valence-electron chi connectivity index (χ2n) is 7.08. The first-order chi connectivity index (χ1) is 15.6. The van der Waals surface area contributed by atoms with Crippen LogP contribution >= 0.6 is 0 Å². The predicted octanol–water partition coefficient (Wildman–Crippen LogP) is 2.32. The van der Waals surface area contributed by atoms with E-state index in [4.69, 9.17) is 14.2 Å². The average molecular weight is 436 g/mol. The molecule has 9 heteroatoms. The van der Waals surface area contributed by atoms with Gasteiger partial charge >= 0.3 is 5.97 Å². The molecule has 0 spiro atoms. The molecule has 1 aromatic carbocycles. The standard InChI is InChI=1S/C23H24N4O5/c1-3-32-23(29)19-15-20(16-5-4-6-18(13-16)30-2)25-27(22(19)28)21-14-17(7-8-24-21)26-9-11-31-12-10-26/h4-8,13-15H,3,9-12H2,1-2H3. The van der Waals surface area contributed by atoms with Gasteiger partial charge in [-0.1, -0.05) is 12.1 Å². The van der Waals surface area contributed by atoms with E-state index >= 15 is 0 Å². The van der Waals surface area contributed by atoms with Crippen LogP contribution in [0.3, 0.4) is 0 Å². The van der Waals surface area contributed by atoms with E-state index < -0.39 is 11.5 Å². The maximum absolute atomic E-state index is 13.2. The predicted molar refractivity (Wildman–Crippen MR) is 119 cm³/mol. The Morgan fingerprint density at radius 1 is 1.16 bits per heavy atom. The average Bonchev–Trinajstić information content (AvgIpc) is 2.85. The highest BCUT2D eigenvalue weighted by Crippen LogP contribution is 2.23. The van der Waals surface area contributed by atoms with Gasteiger partial charge in [-0.2, -0.15) is 9.78 Å². The first kappa shape index (κ1) is 21.5. The number of anilines is 1. The van der Waals surface area contributed by atoms with Gasteiger partial charge in [0.1, 0.15) is 11.3 Å². The Balaban J connectivity index is 1.84. The van der Waals surface area contributed by atoms with Gasteiger partial charge < -0.3 is 19.1 Å². The molecule has 32 heavy (non-hydrogen) atoms. The maximum atomic E-state index is 13.2. The van der Waals surface area contributed by atoms with Gasteiger partial charge in [0.05, 0.1) is 32.6 Å². The van der Waals surface area contributed by atoms with E-state index in [-0.39, 0.29) is 12.2 Å². The first-order valence-electron chi connectivity index (χ1n) is 10.4. The number of carbonyl (C=O) groups is 1. The van der Waals surface area contributed by atoms with Crippen molar-refractivity contribution >= 4 is 11.7 Å². The van der Waals surface area contributed by atoms with Crippen LogP contribution in [0.25, 0.3) is 17.1 Å². The lowest BCUT2D eigenvalue weighted by atomic mass is 10.1. The summed E-state index contributed by atoms with van der Waals surface area (Å²) in [5.41, 5.74) is 1.30. The van der Waals surface area contributed by atoms with Crippen LogP contribution in [0.4, 0.5) is 5.69 Å². The number of aromatic nitrogens is 3. The van der Waals surface area contributed by atoms with Gasteiger partial charge in [0.25, 0.3) is 5.56 Å². The van der Waals surface area contributed by atoms with Gasteiger partial charge in [-0.15, -0.1) is 0 Å². The molecule has 2 aromatic heterocycles. The number of hydrogen-bond acceptors (Lipinski definition) is 8. The molecule has 0 bridgehead atoms. The number of nitrogens with zero attached hydrogens (tertiary/aromatic N) is 4. The number of ether oxygens (including phenoxy) is 3. The lowest BCUT2D eigenvalue weighted by Gasteiger charge is -2.28. The molecular formula is C23H24N4O5. The Kier molecular flexibility index (Phi) is 6.46. The molecule has 3 heterocycles. The Morgan fingerprint density at radius 3 is 2.72 bits per heavy atom. The number of methoxy groups -OCH3 is 1. The van der Waals surface area contributed by atoms with Crippen LogP contribution in [0, 0.1) is 0 Å². The van der Waals surface area contributed by atoms with Crippen LogP contribution < -0.4 is 15.2 Å². The Labute approximate surface area is 185 Å². The van der Waals surface area contributed by atoms with Crippen molar-refractivity contribution in [2.45, 2.75) is 6.92 Å². The highest BCUT2D eigenvalue weighted by atomic mass is 16.5. The second-order valence-corrected chi connectivity index (χ2v) is 7.08. The molecule has 9 nitrogen and oxygen atoms in total.